The number of amides is 1. The highest BCUT2D eigenvalue weighted by molar-refractivity contribution is 6.09. The monoisotopic (exact) mass is 477 g/mol. The largest absolute Gasteiger partial charge is 0.497 e. The SMILES string of the molecule is COc1ccc(-c2ccc(CCC(=O)O)cc2NC(=O)c2ccc3cc4ccnnc4cc3c2)cc1. The highest BCUT2D eigenvalue weighted by Crippen LogP contribution is 2.31. The van der Waals surface area contributed by atoms with Gasteiger partial charge in [-0.05, 0) is 76.9 Å². The highest BCUT2D eigenvalue weighted by atomic mass is 16.5. The molecular weight excluding hydrogens is 454 g/mol. The second-order valence-corrected chi connectivity index (χ2v) is 8.46. The van der Waals surface area contributed by atoms with Gasteiger partial charge in [-0.1, -0.05) is 30.3 Å². The van der Waals surface area contributed by atoms with E-state index in [1.807, 2.05) is 72.8 Å². The van der Waals surface area contributed by atoms with Crippen LogP contribution in [-0.2, 0) is 11.2 Å². The molecule has 1 heterocycles. The normalized spacial score (nSPS) is 10.9. The first-order valence-corrected chi connectivity index (χ1v) is 11.5. The fraction of sp³-hybridized carbons (Fsp3) is 0.103. The van der Waals surface area contributed by atoms with E-state index in [1.165, 1.54) is 0 Å². The van der Waals surface area contributed by atoms with Gasteiger partial charge in [-0.3, -0.25) is 9.59 Å². The number of methoxy groups -OCH3 is 1. The van der Waals surface area contributed by atoms with Crippen molar-refractivity contribution in [3.63, 3.8) is 0 Å². The zero-order chi connectivity index (χ0) is 25.1. The van der Waals surface area contributed by atoms with Gasteiger partial charge >= 0.3 is 5.97 Å². The molecule has 7 nitrogen and oxygen atoms in total. The van der Waals surface area contributed by atoms with Crippen molar-refractivity contribution in [3.05, 3.63) is 96.2 Å². The number of anilines is 1. The zero-order valence-electron chi connectivity index (χ0n) is 19.6. The molecule has 1 amide bonds. The van der Waals surface area contributed by atoms with Crippen LogP contribution in [0.4, 0.5) is 5.69 Å². The van der Waals surface area contributed by atoms with Gasteiger partial charge in [0.05, 0.1) is 18.8 Å². The number of fused-ring (bicyclic) bond motifs is 2. The van der Waals surface area contributed by atoms with Crippen LogP contribution in [0.15, 0.2) is 85.1 Å². The van der Waals surface area contributed by atoms with Gasteiger partial charge < -0.3 is 15.2 Å². The Morgan fingerprint density at radius 2 is 1.72 bits per heavy atom. The van der Waals surface area contributed by atoms with Gasteiger partial charge in [-0.25, -0.2) is 0 Å². The first-order valence-electron chi connectivity index (χ1n) is 11.5. The van der Waals surface area contributed by atoms with E-state index in [9.17, 15) is 9.59 Å². The summed E-state index contributed by atoms with van der Waals surface area (Å²) >= 11 is 0. The molecule has 0 spiro atoms. The minimum absolute atomic E-state index is 0.0107. The van der Waals surface area contributed by atoms with Gasteiger partial charge in [0.25, 0.3) is 5.91 Å². The smallest absolute Gasteiger partial charge is 0.303 e. The van der Waals surface area contributed by atoms with Crippen molar-refractivity contribution in [2.24, 2.45) is 0 Å². The number of carboxylic acids is 1. The first kappa shape index (κ1) is 23.0. The molecule has 0 unspecified atom stereocenters. The third-order valence-electron chi connectivity index (χ3n) is 6.09. The molecule has 0 aliphatic carbocycles. The number of carbonyl (C=O) groups is 2. The second kappa shape index (κ2) is 9.84. The Morgan fingerprint density at radius 1 is 0.889 bits per heavy atom. The molecule has 0 radical (unpaired) electrons. The van der Waals surface area contributed by atoms with Crippen LogP contribution in [0, 0.1) is 0 Å². The number of ether oxygens (including phenoxy) is 1. The van der Waals surface area contributed by atoms with Gasteiger partial charge in [0.1, 0.15) is 5.75 Å². The Hall–Kier alpha value is -4.78. The topological polar surface area (TPSA) is 101 Å². The molecule has 0 atom stereocenters. The fourth-order valence-electron chi connectivity index (χ4n) is 4.19. The number of carboxylic acid groups (broad SMARTS) is 1. The Balaban J connectivity index is 1.49. The van der Waals surface area contributed by atoms with Crippen molar-refractivity contribution in [1.82, 2.24) is 10.2 Å². The maximum atomic E-state index is 13.3. The number of aryl methyl sites for hydroxylation is 1. The van der Waals surface area contributed by atoms with Gasteiger partial charge in [-0.15, -0.1) is 0 Å². The minimum Gasteiger partial charge on any atom is -0.497 e. The summed E-state index contributed by atoms with van der Waals surface area (Å²) < 4.78 is 5.26. The number of carbonyl (C=O) groups excluding carboxylic acids is 1. The Morgan fingerprint density at radius 3 is 2.50 bits per heavy atom. The van der Waals surface area contributed by atoms with E-state index in [4.69, 9.17) is 9.84 Å². The first-order chi connectivity index (χ1) is 17.5. The number of aromatic nitrogens is 2. The lowest BCUT2D eigenvalue weighted by Crippen LogP contribution is -2.13. The molecule has 178 valence electrons. The van der Waals surface area contributed by atoms with Crippen LogP contribution in [0.1, 0.15) is 22.3 Å². The lowest BCUT2D eigenvalue weighted by molar-refractivity contribution is -0.136. The number of hydrogen-bond donors (Lipinski definition) is 2. The predicted molar refractivity (Wildman–Crippen MR) is 139 cm³/mol. The van der Waals surface area contributed by atoms with Crippen LogP contribution in [0.3, 0.4) is 0 Å². The molecule has 0 saturated carbocycles. The minimum atomic E-state index is -0.867. The molecule has 0 bridgehead atoms. The molecule has 0 fully saturated rings. The van der Waals surface area contributed by atoms with Crippen molar-refractivity contribution in [1.29, 1.82) is 0 Å². The Kier molecular flexibility index (Phi) is 6.28. The van der Waals surface area contributed by atoms with E-state index in [-0.39, 0.29) is 12.3 Å². The summed E-state index contributed by atoms with van der Waals surface area (Å²) in [6.45, 7) is 0. The summed E-state index contributed by atoms with van der Waals surface area (Å²) in [6, 6.07) is 24.6. The fourth-order valence-corrected chi connectivity index (χ4v) is 4.19. The molecule has 5 rings (SSSR count). The molecular formula is C29H23N3O4. The third kappa shape index (κ3) is 4.86. The number of hydrogen-bond acceptors (Lipinski definition) is 5. The van der Waals surface area contributed by atoms with E-state index in [0.717, 1.165) is 44.1 Å². The Labute approximate surface area is 207 Å². The maximum absolute atomic E-state index is 13.3. The maximum Gasteiger partial charge on any atom is 0.303 e. The Bertz CT molecular complexity index is 1600. The van der Waals surface area contributed by atoms with Gasteiger partial charge in [0.15, 0.2) is 0 Å². The summed E-state index contributed by atoms with van der Waals surface area (Å²) in [7, 11) is 1.61. The standard InChI is InChI=1S/C29H23N3O4/c1-36-24-8-6-19(7-9-24)25-10-2-18(3-11-28(33)34)14-27(25)31-29(35)22-5-4-20-15-21-12-13-30-32-26(21)17-23(20)16-22/h2,4-10,12-17H,3,11H2,1H3,(H,31,35)(H,33,34). The third-order valence-corrected chi connectivity index (χ3v) is 6.09. The van der Waals surface area contributed by atoms with Gasteiger partial charge in [0, 0.05) is 28.6 Å². The van der Waals surface area contributed by atoms with Crippen molar-refractivity contribution < 1.29 is 19.4 Å². The molecule has 0 saturated heterocycles. The van der Waals surface area contributed by atoms with Crippen molar-refractivity contribution in [2.45, 2.75) is 12.8 Å². The van der Waals surface area contributed by atoms with E-state index in [2.05, 4.69) is 15.5 Å². The van der Waals surface area contributed by atoms with Crippen LogP contribution in [0.2, 0.25) is 0 Å². The molecule has 36 heavy (non-hydrogen) atoms. The molecule has 5 aromatic rings. The molecule has 0 aliphatic rings. The van der Waals surface area contributed by atoms with Crippen LogP contribution >= 0.6 is 0 Å². The van der Waals surface area contributed by atoms with E-state index < -0.39 is 5.97 Å². The molecule has 4 aromatic carbocycles. The number of aliphatic carboxylic acids is 1. The van der Waals surface area contributed by atoms with Crippen LogP contribution in [0.5, 0.6) is 5.75 Å². The zero-order valence-corrected chi connectivity index (χ0v) is 19.6. The highest BCUT2D eigenvalue weighted by Gasteiger charge is 2.13. The van der Waals surface area contributed by atoms with Crippen molar-refractivity contribution in [3.8, 4) is 16.9 Å². The molecule has 0 aliphatic heterocycles. The van der Waals surface area contributed by atoms with Crippen LogP contribution in [0.25, 0.3) is 32.8 Å². The number of benzene rings is 4. The number of nitrogens with zero attached hydrogens (tertiary/aromatic N) is 2. The van der Waals surface area contributed by atoms with Crippen LogP contribution < -0.4 is 10.1 Å². The van der Waals surface area contributed by atoms with E-state index in [1.54, 1.807) is 19.4 Å². The summed E-state index contributed by atoms with van der Waals surface area (Å²) in [4.78, 5) is 24.4. The summed E-state index contributed by atoms with van der Waals surface area (Å²) in [6.07, 6.45) is 2.03. The second-order valence-electron chi connectivity index (χ2n) is 8.46. The molecule has 1 aromatic heterocycles. The van der Waals surface area contributed by atoms with Gasteiger partial charge in [-0.2, -0.15) is 10.2 Å². The molecule has 7 heteroatoms. The quantitative estimate of drug-likeness (QED) is 0.290. The van der Waals surface area contributed by atoms with Crippen LogP contribution in [-0.4, -0.2) is 34.3 Å². The van der Waals surface area contributed by atoms with Crippen molar-refractivity contribution in [2.75, 3.05) is 12.4 Å². The predicted octanol–water partition coefficient (Wildman–Crippen LogP) is 5.73. The van der Waals surface area contributed by atoms with E-state index >= 15 is 0 Å². The van der Waals surface area contributed by atoms with E-state index in [0.29, 0.717) is 17.7 Å². The van der Waals surface area contributed by atoms with Gasteiger partial charge in [0.2, 0.25) is 0 Å². The molecule has 2 N–H and O–H groups in total. The summed E-state index contributed by atoms with van der Waals surface area (Å²) in [5.74, 6) is -0.398. The summed E-state index contributed by atoms with van der Waals surface area (Å²) in [5, 5.41) is 23.1. The number of rotatable bonds is 7. The average Bonchev–Trinajstić information content (AvgIpc) is 2.90. The lowest BCUT2D eigenvalue weighted by atomic mass is 9.99. The lowest BCUT2D eigenvalue weighted by Gasteiger charge is -2.14. The van der Waals surface area contributed by atoms with Crippen molar-refractivity contribution >= 4 is 39.2 Å². The summed E-state index contributed by atoms with van der Waals surface area (Å²) in [5.41, 5.74) is 4.43. The average molecular weight is 478 g/mol. The number of nitrogens with one attached hydrogen (secondary N) is 1.